The van der Waals surface area contributed by atoms with E-state index in [1.165, 1.54) is 31.9 Å². The molecule has 0 spiro atoms. The number of hydrogen-bond acceptors (Lipinski definition) is 4. The number of aromatic nitrogens is 1. The van der Waals surface area contributed by atoms with E-state index in [2.05, 4.69) is 31.3 Å². The molecule has 7 nitrogen and oxygen atoms in total. The number of carbonyl (C=O) groups is 1. The Morgan fingerprint density at radius 1 is 1.07 bits per heavy atom. The first-order valence-electron chi connectivity index (χ1n) is 9.52. The Morgan fingerprint density at radius 2 is 1.69 bits per heavy atom. The molecule has 0 aliphatic carbocycles. The average molecular weight is 420 g/mol. The monoisotopic (exact) mass is 419 g/mol. The molecule has 1 unspecified atom stereocenters. The van der Waals surface area contributed by atoms with Crippen molar-refractivity contribution >= 4 is 15.9 Å². The Morgan fingerprint density at radius 3 is 2.24 bits per heavy atom. The average Bonchev–Trinajstić information content (AvgIpc) is 2.63. The molecule has 0 saturated heterocycles. The van der Waals surface area contributed by atoms with Gasteiger partial charge in [0.05, 0.1) is 10.9 Å². The molecular formula is C21H29N3O4S. The minimum Gasteiger partial charge on any atom is -0.348 e. The summed E-state index contributed by atoms with van der Waals surface area (Å²) in [5, 5.41) is 2.85. The van der Waals surface area contributed by atoms with Crippen LogP contribution in [0.15, 0.2) is 52.3 Å². The Bertz CT molecular complexity index is 1010. The summed E-state index contributed by atoms with van der Waals surface area (Å²) >= 11 is 0. The number of amides is 1. The molecule has 2 aromatic rings. The van der Waals surface area contributed by atoms with E-state index in [-0.39, 0.29) is 23.4 Å². The Labute approximate surface area is 172 Å². The van der Waals surface area contributed by atoms with Gasteiger partial charge in [0.25, 0.3) is 5.56 Å². The highest BCUT2D eigenvalue weighted by molar-refractivity contribution is 7.89. The second-order valence-electron chi connectivity index (χ2n) is 7.75. The van der Waals surface area contributed by atoms with Crippen molar-refractivity contribution in [2.24, 2.45) is 5.92 Å². The maximum absolute atomic E-state index is 12.4. The Balaban J connectivity index is 2.10. The van der Waals surface area contributed by atoms with Crippen LogP contribution in [0.5, 0.6) is 0 Å². The number of hydrogen-bond donors (Lipinski definition) is 1. The Hall–Kier alpha value is -2.45. The smallest absolute Gasteiger partial charge is 0.251 e. The standard InChI is InChI=1S/C21H29N3O4S/c1-15(2)12-17-6-8-18(9-7-17)16(3)22-20(25)14-24-13-19(10-11-21(24)26)29(27,28)23(4)5/h6-11,13,15-16H,12,14H2,1-5H3,(H,22,25). The van der Waals surface area contributed by atoms with E-state index in [1.807, 2.05) is 19.1 Å². The van der Waals surface area contributed by atoms with Gasteiger partial charge in [-0.25, -0.2) is 12.7 Å². The predicted octanol–water partition coefficient (Wildman–Crippen LogP) is 2.17. The molecule has 1 amide bonds. The second kappa shape index (κ2) is 9.37. The summed E-state index contributed by atoms with van der Waals surface area (Å²) in [4.78, 5) is 24.4. The number of sulfonamides is 1. The highest BCUT2D eigenvalue weighted by atomic mass is 32.2. The minimum atomic E-state index is -3.69. The van der Waals surface area contributed by atoms with E-state index < -0.39 is 15.6 Å². The highest BCUT2D eigenvalue weighted by Crippen LogP contribution is 2.16. The number of rotatable bonds is 8. The molecule has 0 aliphatic heterocycles. The van der Waals surface area contributed by atoms with Gasteiger partial charge in [0.1, 0.15) is 6.54 Å². The van der Waals surface area contributed by atoms with Gasteiger partial charge < -0.3 is 9.88 Å². The highest BCUT2D eigenvalue weighted by Gasteiger charge is 2.19. The first kappa shape index (κ1) is 22.8. The maximum Gasteiger partial charge on any atom is 0.251 e. The van der Waals surface area contributed by atoms with Crippen molar-refractivity contribution in [3.63, 3.8) is 0 Å². The summed E-state index contributed by atoms with van der Waals surface area (Å²) in [7, 11) is -0.872. The maximum atomic E-state index is 12.4. The van der Waals surface area contributed by atoms with E-state index in [9.17, 15) is 18.0 Å². The topological polar surface area (TPSA) is 88.5 Å². The van der Waals surface area contributed by atoms with Gasteiger partial charge in [0.15, 0.2) is 0 Å². The molecule has 1 atom stereocenters. The zero-order valence-electron chi connectivity index (χ0n) is 17.5. The zero-order chi connectivity index (χ0) is 21.8. The van der Waals surface area contributed by atoms with Crippen LogP contribution in [0.25, 0.3) is 0 Å². The van der Waals surface area contributed by atoms with E-state index >= 15 is 0 Å². The van der Waals surface area contributed by atoms with Crippen molar-refractivity contribution < 1.29 is 13.2 Å². The lowest BCUT2D eigenvalue weighted by atomic mass is 10.00. The van der Waals surface area contributed by atoms with Crippen molar-refractivity contribution in [3.05, 3.63) is 64.1 Å². The van der Waals surface area contributed by atoms with Crippen molar-refractivity contribution in [1.29, 1.82) is 0 Å². The molecule has 158 valence electrons. The summed E-state index contributed by atoms with van der Waals surface area (Å²) in [6.07, 6.45) is 2.19. The number of nitrogens with one attached hydrogen (secondary N) is 1. The fourth-order valence-electron chi connectivity index (χ4n) is 2.94. The third-order valence-electron chi connectivity index (χ3n) is 4.55. The molecule has 0 aliphatic rings. The van der Waals surface area contributed by atoms with Crippen molar-refractivity contribution in [2.45, 2.75) is 44.7 Å². The van der Waals surface area contributed by atoms with Gasteiger partial charge in [-0.3, -0.25) is 9.59 Å². The summed E-state index contributed by atoms with van der Waals surface area (Å²) in [5.41, 5.74) is 1.76. The van der Waals surface area contributed by atoms with Gasteiger partial charge in [-0.1, -0.05) is 38.1 Å². The molecule has 0 radical (unpaired) electrons. The van der Waals surface area contributed by atoms with Crippen LogP contribution in [-0.4, -0.2) is 37.3 Å². The predicted molar refractivity (Wildman–Crippen MR) is 113 cm³/mol. The summed E-state index contributed by atoms with van der Waals surface area (Å²) in [5.74, 6) is 0.202. The van der Waals surface area contributed by atoms with Gasteiger partial charge in [0.2, 0.25) is 15.9 Å². The van der Waals surface area contributed by atoms with Crippen molar-refractivity contribution in [2.75, 3.05) is 14.1 Å². The molecule has 8 heteroatoms. The first-order valence-corrected chi connectivity index (χ1v) is 11.0. The molecule has 0 saturated carbocycles. The molecule has 29 heavy (non-hydrogen) atoms. The Kier molecular flexibility index (Phi) is 7.37. The molecule has 1 aromatic heterocycles. The lowest BCUT2D eigenvalue weighted by Gasteiger charge is -2.16. The lowest BCUT2D eigenvalue weighted by Crippen LogP contribution is -2.34. The zero-order valence-corrected chi connectivity index (χ0v) is 18.4. The van der Waals surface area contributed by atoms with Crippen LogP contribution in [0.3, 0.4) is 0 Å². The largest absolute Gasteiger partial charge is 0.348 e. The van der Waals surface area contributed by atoms with Crippen molar-refractivity contribution in [1.82, 2.24) is 14.2 Å². The third kappa shape index (κ3) is 6.01. The van der Waals surface area contributed by atoms with Crippen LogP contribution >= 0.6 is 0 Å². The van der Waals surface area contributed by atoms with Gasteiger partial charge in [-0.15, -0.1) is 0 Å². The van der Waals surface area contributed by atoms with E-state index in [0.717, 1.165) is 26.9 Å². The molecule has 1 aromatic carbocycles. The number of carbonyl (C=O) groups excluding carboxylic acids is 1. The number of pyridine rings is 1. The van der Waals surface area contributed by atoms with E-state index in [4.69, 9.17) is 0 Å². The van der Waals surface area contributed by atoms with Gasteiger partial charge in [-0.05, 0) is 36.5 Å². The third-order valence-corrected chi connectivity index (χ3v) is 6.35. The normalized spacial score (nSPS) is 12.9. The quantitative estimate of drug-likeness (QED) is 0.710. The van der Waals surface area contributed by atoms with E-state index in [1.54, 1.807) is 0 Å². The van der Waals surface area contributed by atoms with Crippen LogP contribution in [0.4, 0.5) is 0 Å². The second-order valence-corrected chi connectivity index (χ2v) is 9.90. The van der Waals surface area contributed by atoms with Gasteiger partial charge in [0, 0.05) is 26.4 Å². The molecule has 0 bridgehead atoms. The number of benzene rings is 1. The van der Waals surface area contributed by atoms with Gasteiger partial charge in [-0.2, -0.15) is 0 Å². The molecule has 2 rings (SSSR count). The fraction of sp³-hybridized carbons (Fsp3) is 0.429. The van der Waals surface area contributed by atoms with E-state index in [0.29, 0.717) is 5.92 Å². The minimum absolute atomic E-state index is 0.0383. The van der Waals surface area contributed by atoms with Crippen LogP contribution in [0.2, 0.25) is 0 Å². The first-order chi connectivity index (χ1) is 13.5. The summed E-state index contributed by atoms with van der Waals surface area (Å²) < 4.78 is 26.7. The van der Waals surface area contributed by atoms with Crippen LogP contribution in [-0.2, 0) is 27.8 Å². The molecule has 1 heterocycles. The summed E-state index contributed by atoms with van der Waals surface area (Å²) in [6, 6.07) is 10.2. The van der Waals surface area contributed by atoms with Gasteiger partial charge >= 0.3 is 0 Å². The lowest BCUT2D eigenvalue weighted by molar-refractivity contribution is -0.122. The van der Waals surface area contributed by atoms with Crippen LogP contribution in [0.1, 0.15) is 37.9 Å². The molecule has 1 N–H and O–H groups in total. The molecule has 0 fully saturated rings. The fourth-order valence-corrected chi connectivity index (χ4v) is 3.86. The SMILES string of the molecule is CC(C)Cc1ccc(C(C)NC(=O)Cn2cc(S(=O)(=O)N(C)C)ccc2=O)cc1. The van der Waals surface area contributed by atoms with Crippen LogP contribution < -0.4 is 10.9 Å². The van der Waals surface area contributed by atoms with Crippen LogP contribution in [0, 0.1) is 5.92 Å². The molecular weight excluding hydrogens is 390 g/mol. The van der Waals surface area contributed by atoms with Crippen molar-refractivity contribution in [3.8, 4) is 0 Å². The number of nitrogens with zero attached hydrogens (tertiary/aromatic N) is 2. The summed E-state index contributed by atoms with van der Waals surface area (Å²) in [6.45, 7) is 5.94.